The van der Waals surface area contributed by atoms with Crippen LogP contribution in [0.25, 0.3) is 0 Å². The first-order chi connectivity index (χ1) is 7.18. The van der Waals surface area contributed by atoms with Gasteiger partial charge in [0.15, 0.2) is 0 Å². The van der Waals surface area contributed by atoms with Crippen molar-refractivity contribution >= 4 is 0 Å². The van der Waals surface area contributed by atoms with Gasteiger partial charge in [0, 0.05) is 18.6 Å². The molecule has 0 fully saturated rings. The quantitative estimate of drug-likeness (QED) is 0.630. The standard InChI is InChI=1S/C13H26N2/c1-11(2)15-10-12(3)14-9-8-13-6-4-5-7-13/h4,6,11-15H,5,7-10H2,1-3H3. The molecule has 2 nitrogen and oxygen atoms in total. The van der Waals surface area contributed by atoms with Crippen molar-refractivity contribution in [1.82, 2.24) is 10.6 Å². The molecule has 2 heteroatoms. The number of rotatable bonds is 7. The van der Waals surface area contributed by atoms with Gasteiger partial charge in [-0.3, -0.25) is 0 Å². The first kappa shape index (κ1) is 12.7. The highest BCUT2D eigenvalue weighted by molar-refractivity contribution is 4.96. The summed E-state index contributed by atoms with van der Waals surface area (Å²) >= 11 is 0. The summed E-state index contributed by atoms with van der Waals surface area (Å²) in [7, 11) is 0. The summed E-state index contributed by atoms with van der Waals surface area (Å²) in [5, 5.41) is 7.02. The third kappa shape index (κ3) is 5.95. The molecule has 0 aromatic heterocycles. The summed E-state index contributed by atoms with van der Waals surface area (Å²) in [5.74, 6) is 0.836. The summed E-state index contributed by atoms with van der Waals surface area (Å²) in [4.78, 5) is 0. The maximum absolute atomic E-state index is 3.57. The minimum absolute atomic E-state index is 0.581. The van der Waals surface area contributed by atoms with E-state index in [1.807, 2.05) is 0 Å². The molecular formula is C13H26N2. The topological polar surface area (TPSA) is 24.1 Å². The molecule has 0 spiro atoms. The molecule has 2 unspecified atom stereocenters. The molecule has 0 aromatic rings. The van der Waals surface area contributed by atoms with Gasteiger partial charge in [0.05, 0.1) is 0 Å². The van der Waals surface area contributed by atoms with Gasteiger partial charge in [-0.1, -0.05) is 26.0 Å². The second-order valence-corrected chi connectivity index (χ2v) is 4.97. The number of hydrogen-bond donors (Lipinski definition) is 2. The molecule has 0 heterocycles. The van der Waals surface area contributed by atoms with Crippen LogP contribution in [0.4, 0.5) is 0 Å². The fourth-order valence-electron chi connectivity index (χ4n) is 1.94. The van der Waals surface area contributed by atoms with Crippen LogP contribution in [-0.4, -0.2) is 25.2 Å². The maximum atomic E-state index is 3.57. The predicted molar refractivity (Wildman–Crippen MR) is 67.1 cm³/mol. The maximum Gasteiger partial charge on any atom is 0.0164 e. The van der Waals surface area contributed by atoms with Gasteiger partial charge in [-0.2, -0.15) is 0 Å². The van der Waals surface area contributed by atoms with Crippen LogP contribution in [0.1, 0.15) is 40.0 Å². The van der Waals surface area contributed by atoms with E-state index in [1.54, 1.807) is 0 Å². The Hall–Kier alpha value is -0.340. The Balaban J connectivity index is 1.96. The van der Waals surface area contributed by atoms with E-state index in [0.29, 0.717) is 12.1 Å². The number of nitrogens with one attached hydrogen (secondary N) is 2. The third-order valence-electron chi connectivity index (χ3n) is 2.95. The number of allylic oxidation sites excluding steroid dienone is 2. The highest BCUT2D eigenvalue weighted by Crippen LogP contribution is 2.19. The zero-order valence-corrected chi connectivity index (χ0v) is 10.4. The Morgan fingerprint density at radius 2 is 2.07 bits per heavy atom. The van der Waals surface area contributed by atoms with Crippen molar-refractivity contribution in [2.24, 2.45) is 5.92 Å². The van der Waals surface area contributed by atoms with Crippen molar-refractivity contribution < 1.29 is 0 Å². The molecule has 88 valence electrons. The summed E-state index contributed by atoms with van der Waals surface area (Å²) in [6, 6.07) is 1.17. The summed E-state index contributed by atoms with van der Waals surface area (Å²) in [6.45, 7) is 8.85. The van der Waals surface area contributed by atoms with Crippen LogP contribution in [0.15, 0.2) is 12.2 Å². The van der Waals surface area contributed by atoms with Crippen molar-refractivity contribution in [2.75, 3.05) is 13.1 Å². The molecule has 0 saturated carbocycles. The largest absolute Gasteiger partial charge is 0.313 e. The smallest absolute Gasteiger partial charge is 0.0164 e. The summed E-state index contributed by atoms with van der Waals surface area (Å²) in [6.07, 6.45) is 8.63. The minimum atomic E-state index is 0.581. The van der Waals surface area contributed by atoms with E-state index in [4.69, 9.17) is 0 Å². The lowest BCUT2D eigenvalue weighted by molar-refractivity contribution is 0.450. The Kier molecular flexibility index (Phi) is 5.96. The summed E-state index contributed by atoms with van der Waals surface area (Å²) < 4.78 is 0. The monoisotopic (exact) mass is 210 g/mol. The van der Waals surface area contributed by atoms with Crippen molar-refractivity contribution in [3.63, 3.8) is 0 Å². The van der Waals surface area contributed by atoms with Gasteiger partial charge < -0.3 is 10.6 Å². The Morgan fingerprint density at radius 1 is 1.27 bits per heavy atom. The van der Waals surface area contributed by atoms with Crippen molar-refractivity contribution in [3.8, 4) is 0 Å². The van der Waals surface area contributed by atoms with Crippen LogP contribution in [-0.2, 0) is 0 Å². The summed E-state index contributed by atoms with van der Waals surface area (Å²) in [5.41, 5.74) is 0. The first-order valence-electron chi connectivity index (χ1n) is 6.32. The molecule has 0 aromatic carbocycles. The zero-order valence-electron chi connectivity index (χ0n) is 10.4. The molecule has 2 atom stereocenters. The second-order valence-electron chi connectivity index (χ2n) is 4.97. The molecule has 1 aliphatic rings. The molecule has 0 amide bonds. The normalized spacial score (nSPS) is 22.5. The van der Waals surface area contributed by atoms with Gasteiger partial charge in [-0.25, -0.2) is 0 Å². The second kappa shape index (κ2) is 7.02. The van der Waals surface area contributed by atoms with E-state index >= 15 is 0 Å². The van der Waals surface area contributed by atoms with E-state index in [-0.39, 0.29) is 0 Å². The van der Waals surface area contributed by atoms with Crippen LogP contribution >= 0.6 is 0 Å². The highest BCUT2D eigenvalue weighted by Gasteiger charge is 2.09. The van der Waals surface area contributed by atoms with E-state index in [9.17, 15) is 0 Å². The van der Waals surface area contributed by atoms with Gasteiger partial charge in [0.1, 0.15) is 0 Å². The van der Waals surface area contributed by atoms with Crippen LogP contribution in [0.5, 0.6) is 0 Å². The lowest BCUT2D eigenvalue weighted by Crippen LogP contribution is -2.39. The molecule has 2 N–H and O–H groups in total. The van der Waals surface area contributed by atoms with Gasteiger partial charge in [-0.15, -0.1) is 0 Å². The van der Waals surface area contributed by atoms with E-state index in [0.717, 1.165) is 19.0 Å². The van der Waals surface area contributed by atoms with E-state index in [1.165, 1.54) is 19.3 Å². The molecule has 0 saturated heterocycles. The lowest BCUT2D eigenvalue weighted by Gasteiger charge is -2.17. The van der Waals surface area contributed by atoms with Crippen molar-refractivity contribution in [2.45, 2.75) is 52.1 Å². The van der Waals surface area contributed by atoms with Crippen LogP contribution in [0.3, 0.4) is 0 Å². The first-order valence-corrected chi connectivity index (χ1v) is 6.32. The van der Waals surface area contributed by atoms with Gasteiger partial charge in [-0.05, 0) is 38.6 Å². The van der Waals surface area contributed by atoms with Crippen molar-refractivity contribution in [1.29, 1.82) is 0 Å². The molecule has 0 aliphatic heterocycles. The number of hydrogen-bond acceptors (Lipinski definition) is 2. The van der Waals surface area contributed by atoms with E-state index in [2.05, 4.69) is 43.6 Å². The van der Waals surface area contributed by atoms with Crippen molar-refractivity contribution in [3.05, 3.63) is 12.2 Å². The predicted octanol–water partition coefficient (Wildman–Crippen LogP) is 2.32. The van der Waals surface area contributed by atoms with Crippen LogP contribution in [0.2, 0.25) is 0 Å². The Bertz CT molecular complexity index is 187. The Labute approximate surface area is 94.5 Å². The van der Waals surface area contributed by atoms with Gasteiger partial charge >= 0.3 is 0 Å². The fourth-order valence-corrected chi connectivity index (χ4v) is 1.94. The molecular weight excluding hydrogens is 184 g/mol. The van der Waals surface area contributed by atoms with Gasteiger partial charge in [0.2, 0.25) is 0 Å². The SMILES string of the molecule is CC(C)NCC(C)NCCC1C=CCC1. The molecule has 1 rings (SSSR count). The molecule has 0 radical (unpaired) electrons. The molecule has 0 bridgehead atoms. The Morgan fingerprint density at radius 3 is 2.67 bits per heavy atom. The minimum Gasteiger partial charge on any atom is -0.313 e. The van der Waals surface area contributed by atoms with Crippen LogP contribution in [0, 0.1) is 5.92 Å². The fraction of sp³-hybridized carbons (Fsp3) is 0.846. The lowest BCUT2D eigenvalue weighted by atomic mass is 10.1. The van der Waals surface area contributed by atoms with Gasteiger partial charge in [0.25, 0.3) is 0 Å². The average molecular weight is 210 g/mol. The highest BCUT2D eigenvalue weighted by atomic mass is 15.0. The van der Waals surface area contributed by atoms with Crippen LogP contribution < -0.4 is 10.6 Å². The third-order valence-corrected chi connectivity index (χ3v) is 2.95. The zero-order chi connectivity index (χ0) is 11.1. The molecule has 1 aliphatic carbocycles. The molecule has 15 heavy (non-hydrogen) atoms. The average Bonchev–Trinajstić information content (AvgIpc) is 2.67. The van der Waals surface area contributed by atoms with E-state index < -0.39 is 0 Å².